The molecule has 1 aromatic heterocycles. The number of carbonyl (C=O) groups excluding carboxylic acids is 1. The second kappa shape index (κ2) is 8.85. The van der Waals surface area contributed by atoms with Crippen molar-refractivity contribution in [3.05, 3.63) is 95.9 Å². The van der Waals surface area contributed by atoms with E-state index in [0.29, 0.717) is 13.1 Å². The van der Waals surface area contributed by atoms with Crippen LogP contribution in [0.15, 0.2) is 83.5 Å². The van der Waals surface area contributed by atoms with Gasteiger partial charge >= 0.3 is 0 Å². The van der Waals surface area contributed by atoms with Gasteiger partial charge in [0, 0.05) is 12.1 Å². The molecule has 3 rings (SSSR count). The third-order valence-corrected chi connectivity index (χ3v) is 4.13. The molecule has 1 heterocycles. The lowest BCUT2D eigenvalue weighted by Gasteiger charge is -2.14. The third-order valence-electron chi connectivity index (χ3n) is 4.13. The second-order valence-corrected chi connectivity index (χ2v) is 5.93. The Labute approximate surface area is 147 Å². The molecule has 25 heavy (non-hydrogen) atoms. The lowest BCUT2D eigenvalue weighted by Crippen LogP contribution is -2.87. The van der Waals surface area contributed by atoms with Crippen molar-refractivity contribution in [3.63, 3.8) is 0 Å². The highest BCUT2D eigenvalue weighted by atomic mass is 16.3. The molecule has 0 saturated carbocycles. The fourth-order valence-electron chi connectivity index (χ4n) is 2.83. The van der Waals surface area contributed by atoms with Gasteiger partial charge in [0.15, 0.2) is 18.3 Å². The standard InChI is InChI=1S/C21H22N2O2/c24-20(22-14-13-17-8-3-1-4-9-17)16-23-21(19-12-7-15-25-19)18-10-5-2-6-11-18/h1-12,15,21,23H,13-14,16H2,(H,22,24)/p+1/t21-/m1/s1. The molecule has 0 fully saturated rings. The van der Waals surface area contributed by atoms with Crippen LogP contribution in [0.25, 0.3) is 0 Å². The molecular weight excluding hydrogens is 312 g/mol. The SMILES string of the molecule is O=C(C[NH2+][C@H](c1ccccc1)c1ccco1)NCCc1ccccc1. The van der Waals surface area contributed by atoms with E-state index < -0.39 is 0 Å². The minimum absolute atomic E-state index is 0.0175. The first-order valence-corrected chi connectivity index (χ1v) is 8.55. The molecular formula is C21H23N2O2+. The number of rotatable bonds is 8. The summed E-state index contributed by atoms with van der Waals surface area (Å²) in [5, 5.41) is 4.99. The highest BCUT2D eigenvalue weighted by Gasteiger charge is 2.21. The summed E-state index contributed by atoms with van der Waals surface area (Å²) in [6.07, 6.45) is 2.51. The van der Waals surface area contributed by atoms with Crippen LogP contribution in [0.2, 0.25) is 0 Å². The van der Waals surface area contributed by atoms with Crippen LogP contribution in [0, 0.1) is 0 Å². The zero-order valence-corrected chi connectivity index (χ0v) is 14.1. The molecule has 3 aromatic rings. The monoisotopic (exact) mass is 335 g/mol. The molecule has 4 nitrogen and oxygen atoms in total. The summed E-state index contributed by atoms with van der Waals surface area (Å²) in [6, 6.07) is 24.1. The van der Waals surface area contributed by atoms with Crippen molar-refractivity contribution >= 4 is 5.91 Å². The van der Waals surface area contributed by atoms with Crippen LogP contribution >= 0.6 is 0 Å². The minimum atomic E-state index is -0.0175. The van der Waals surface area contributed by atoms with E-state index in [1.54, 1.807) is 6.26 Å². The number of quaternary nitrogens is 1. The molecule has 4 heteroatoms. The van der Waals surface area contributed by atoms with Crippen molar-refractivity contribution in [2.45, 2.75) is 12.5 Å². The Morgan fingerprint density at radius 2 is 1.68 bits per heavy atom. The molecule has 1 atom stereocenters. The van der Waals surface area contributed by atoms with Crippen LogP contribution in [0.4, 0.5) is 0 Å². The van der Waals surface area contributed by atoms with E-state index in [-0.39, 0.29) is 11.9 Å². The Bertz CT molecular complexity index is 755. The van der Waals surface area contributed by atoms with Crippen molar-refractivity contribution in [3.8, 4) is 0 Å². The van der Waals surface area contributed by atoms with Crippen LogP contribution in [-0.4, -0.2) is 19.0 Å². The zero-order chi connectivity index (χ0) is 17.3. The fourth-order valence-corrected chi connectivity index (χ4v) is 2.83. The van der Waals surface area contributed by atoms with Crippen LogP contribution in [0.5, 0.6) is 0 Å². The predicted octanol–water partition coefficient (Wildman–Crippen LogP) is 2.29. The Morgan fingerprint density at radius 1 is 0.960 bits per heavy atom. The number of nitrogens with two attached hydrogens (primary N) is 1. The highest BCUT2D eigenvalue weighted by molar-refractivity contribution is 5.76. The van der Waals surface area contributed by atoms with Crippen LogP contribution < -0.4 is 10.6 Å². The second-order valence-electron chi connectivity index (χ2n) is 5.93. The van der Waals surface area contributed by atoms with E-state index >= 15 is 0 Å². The van der Waals surface area contributed by atoms with Gasteiger partial charge in [0.25, 0.3) is 5.91 Å². The Kier molecular flexibility index (Phi) is 6.01. The zero-order valence-electron chi connectivity index (χ0n) is 14.1. The number of hydrogen-bond donors (Lipinski definition) is 2. The molecule has 3 N–H and O–H groups in total. The molecule has 2 aromatic carbocycles. The summed E-state index contributed by atoms with van der Waals surface area (Å²) in [4.78, 5) is 12.2. The van der Waals surface area contributed by atoms with Gasteiger partial charge in [-0.2, -0.15) is 0 Å². The van der Waals surface area contributed by atoms with Gasteiger partial charge in [-0.05, 0) is 24.1 Å². The van der Waals surface area contributed by atoms with E-state index in [0.717, 1.165) is 17.7 Å². The average Bonchev–Trinajstić information content (AvgIpc) is 3.18. The van der Waals surface area contributed by atoms with E-state index in [2.05, 4.69) is 29.6 Å². The summed E-state index contributed by atoms with van der Waals surface area (Å²) >= 11 is 0. The molecule has 128 valence electrons. The van der Waals surface area contributed by atoms with Crippen LogP contribution in [0.1, 0.15) is 22.9 Å². The van der Waals surface area contributed by atoms with Crippen molar-refractivity contribution in [2.75, 3.05) is 13.1 Å². The quantitative estimate of drug-likeness (QED) is 0.663. The fraction of sp³-hybridized carbons (Fsp3) is 0.190. The van der Waals surface area contributed by atoms with Gasteiger partial charge in [0.1, 0.15) is 0 Å². The molecule has 0 bridgehead atoms. The van der Waals surface area contributed by atoms with Gasteiger partial charge in [0.05, 0.1) is 6.26 Å². The van der Waals surface area contributed by atoms with Crippen molar-refractivity contribution < 1.29 is 14.5 Å². The topological polar surface area (TPSA) is 58.9 Å². The average molecular weight is 335 g/mol. The molecule has 0 aliphatic rings. The largest absolute Gasteiger partial charge is 0.463 e. The number of benzene rings is 2. The molecule has 0 saturated heterocycles. The minimum Gasteiger partial charge on any atom is -0.463 e. The summed E-state index contributed by atoms with van der Waals surface area (Å²) < 4.78 is 5.56. The number of hydrogen-bond acceptors (Lipinski definition) is 2. The van der Waals surface area contributed by atoms with Gasteiger partial charge in [0.2, 0.25) is 0 Å². The number of carbonyl (C=O) groups is 1. The molecule has 0 aliphatic heterocycles. The van der Waals surface area contributed by atoms with Gasteiger partial charge in [-0.3, -0.25) is 4.79 Å². The van der Waals surface area contributed by atoms with Crippen molar-refractivity contribution in [2.24, 2.45) is 0 Å². The highest BCUT2D eigenvalue weighted by Crippen LogP contribution is 2.18. The number of amides is 1. The summed E-state index contributed by atoms with van der Waals surface area (Å²) in [5.41, 5.74) is 2.35. The molecule has 0 aliphatic carbocycles. The normalized spacial score (nSPS) is 11.8. The molecule has 1 amide bonds. The van der Waals surface area contributed by atoms with Crippen LogP contribution in [0.3, 0.4) is 0 Å². The van der Waals surface area contributed by atoms with E-state index in [9.17, 15) is 4.79 Å². The maximum atomic E-state index is 12.2. The Morgan fingerprint density at radius 3 is 2.36 bits per heavy atom. The molecule has 0 spiro atoms. The van der Waals surface area contributed by atoms with Crippen molar-refractivity contribution in [1.29, 1.82) is 0 Å². The lowest BCUT2D eigenvalue weighted by molar-refractivity contribution is -0.678. The molecule has 0 unspecified atom stereocenters. The first kappa shape index (κ1) is 17.0. The van der Waals surface area contributed by atoms with E-state index in [4.69, 9.17) is 4.42 Å². The van der Waals surface area contributed by atoms with E-state index in [1.165, 1.54) is 5.56 Å². The van der Waals surface area contributed by atoms with E-state index in [1.807, 2.05) is 53.8 Å². The maximum Gasteiger partial charge on any atom is 0.275 e. The molecule has 0 radical (unpaired) electrons. The number of nitrogens with one attached hydrogen (secondary N) is 1. The predicted molar refractivity (Wildman–Crippen MR) is 96.9 cm³/mol. The smallest absolute Gasteiger partial charge is 0.275 e. The summed E-state index contributed by atoms with van der Waals surface area (Å²) in [6.45, 7) is 1.00. The first-order chi connectivity index (χ1) is 12.3. The first-order valence-electron chi connectivity index (χ1n) is 8.55. The summed E-state index contributed by atoms with van der Waals surface area (Å²) in [7, 11) is 0. The van der Waals surface area contributed by atoms with Gasteiger partial charge in [-0.1, -0.05) is 60.7 Å². The third kappa shape index (κ3) is 5.06. The Balaban J connectivity index is 1.52. The number of furan rings is 1. The van der Waals surface area contributed by atoms with Gasteiger partial charge in [-0.15, -0.1) is 0 Å². The lowest BCUT2D eigenvalue weighted by atomic mass is 10.0. The Hall–Kier alpha value is -2.85. The maximum absolute atomic E-state index is 12.2. The van der Waals surface area contributed by atoms with Crippen LogP contribution in [-0.2, 0) is 11.2 Å². The van der Waals surface area contributed by atoms with Crippen molar-refractivity contribution in [1.82, 2.24) is 5.32 Å². The van der Waals surface area contributed by atoms with Gasteiger partial charge in [-0.25, -0.2) is 0 Å². The van der Waals surface area contributed by atoms with Gasteiger partial charge < -0.3 is 15.1 Å². The summed E-state index contributed by atoms with van der Waals surface area (Å²) in [5.74, 6) is 0.881.